The largest absolute Gasteiger partial charge is 0.338 e. The Balaban J connectivity index is 2.62. The maximum absolute atomic E-state index is 12.1. The monoisotopic (exact) mass is 216 g/mol. The molecule has 0 aliphatic heterocycles. The van der Waals surface area contributed by atoms with E-state index in [1.54, 1.807) is 19.4 Å². The summed E-state index contributed by atoms with van der Waals surface area (Å²) in [6.45, 7) is 0.310. The van der Waals surface area contributed by atoms with Crippen LogP contribution >= 0.6 is 0 Å². The fourth-order valence-electron chi connectivity index (χ4n) is 1.13. The van der Waals surface area contributed by atoms with Crippen molar-refractivity contribution in [2.45, 2.75) is 13.0 Å². The second-order valence-electron chi connectivity index (χ2n) is 3.19. The summed E-state index contributed by atoms with van der Waals surface area (Å²) < 4.78 is 24.1. The lowest BCUT2D eigenvalue weighted by molar-refractivity contribution is 0.156. The lowest BCUT2D eigenvalue weighted by Gasteiger charge is -2.15. The lowest BCUT2D eigenvalue weighted by Crippen LogP contribution is -2.25. The topological polar surface area (TPSA) is 41.1 Å². The number of aromatic nitrogens is 2. The summed E-state index contributed by atoms with van der Waals surface area (Å²) in [7, 11) is 3.36. The Hall–Kier alpha value is -1.30. The van der Waals surface area contributed by atoms with E-state index in [4.69, 9.17) is 0 Å². The van der Waals surface area contributed by atoms with Crippen LogP contribution < -0.4 is 10.2 Å². The van der Waals surface area contributed by atoms with Crippen LogP contribution in [0.2, 0.25) is 0 Å². The van der Waals surface area contributed by atoms with E-state index in [9.17, 15) is 8.78 Å². The number of halogens is 2. The van der Waals surface area contributed by atoms with E-state index in [-0.39, 0.29) is 6.54 Å². The molecule has 1 heterocycles. The minimum absolute atomic E-state index is 0.315. The van der Waals surface area contributed by atoms with Gasteiger partial charge >= 0.3 is 0 Å². The van der Waals surface area contributed by atoms with Gasteiger partial charge < -0.3 is 10.2 Å². The van der Waals surface area contributed by atoms with E-state index < -0.39 is 6.43 Å². The van der Waals surface area contributed by atoms with E-state index in [0.29, 0.717) is 12.5 Å². The molecule has 6 heteroatoms. The number of nitrogens with one attached hydrogen (secondary N) is 1. The molecule has 15 heavy (non-hydrogen) atoms. The number of anilines is 1. The summed E-state index contributed by atoms with van der Waals surface area (Å²) in [6, 6.07) is 0. The van der Waals surface area contributed by atoms with Gasteiger partial charge in [-0.05, 0) is 7.05 Å². The maximum atomic E-state index is 12.1. The highest BCUT2D eigenvalue weighted by Crippen LogP contribution is 2.06. The normalized spacial score (nSPS) is 10.7. The van der Waals surface area contributed by atoms with Gasteiger partial charge in [-0.1, -0.05) is 0 Å². The molecule has 0 atom stereocenters. The molecule has 0 radical (unpaired) electrons. The van der Waals surface area contributed by atoms with Gasteiger partial charge in [-0.3, -0.25) is 0 Å². The SMILES string of the molecule is CNCc1cnc(N(C)CC(F)F)nc1. The van der Waals surface area contributed by atoms with Gasteiger partial charge in [0.05, 0.1) is 6.54 Å². The molecule has 0 aromatic carbocycles. The second-order valence-corrected chi connectivity index (χ2v) is 3.19. The van der Waals surface area contributed by atoms with E-state index in [0.717, 1.165) is 5.56 Å². The zero-order chi connectivity index (χ0) is 11.3. The van der Waals surface area contributed by atoms with Crippen LogP contribution in [-0.2, 0) is 6.54 Å². The van der Waals surface area contributed by atoms with Gasteiger partial charge in [-0.2, -0.15) is 0 Å². The van der Waals surface area contributed by atoms with Gasteiger partial charge in [-0.15, -0.1) is 0 Å². The molecule has 0 spiro atoms. The van der Waals surface area contributed by atoms with Crippen LogP contribution in [0.5, 0.6) is 0 Å². The molecule has 0 aliphatic carbocycles. The van der Waals surface area contributed by atoms with E-state index in [1.807, 2.05) is 7.05 Å². The number of hydrogen-bond donors (Lipinski definition) is 1. The van der Waals surface area contributed by atoms with Crippen molar-refractivity contribution >= 4 is 5.95 Å². The summed E-state index contributed by atoms with van der Waals surface area (Å²) in [5.74, 6) is 0.315. The van der Waals surface area contributed by atoms with Crippen LogP contribution in [0, 0.1) is 0 Å². The van der Waals surface area contributed by atoms with Gasteiger partial charge in [0.2, 0.25) is 5.95 Å². The third kappa shape index (κ3) is 3.75. The van der Waals surface area contributed by atoms with Crippen LogP contribution in [0.3, 0.4) is 0 Å². The molecular formula is C9H14F2N4. The molecule has 1 aromatic heterocycles. The van der Waals surface area contributed by atoms with Gasteiger partial charge in [0.1, 0.15) is 0 Å². The van der Waals surface area contributed by atoms with Crippen molar-refractivity contribution in [2.75, 3.05) is 25.5 Å². The van der Waals surface area contributed by atoms with Crippen molar-refractivity contribution in [3.05, 3.63) is 18.0 Å². The van der Waals surface area contributed by atoms with Crippen molar-refractivity contribution in [1.29, 1.82) is 0 Å². The quantitative estimate of drug-likeness (QED) is 0.794. The first-order valence-corrected chi connectivity index (χ1v) is 4.58. The number of hydrogen-bond acceptors (Lipinski definition) is 4. The molecule has 0 unspecified atom stereocenters. The average molecular weight is 216 g/mol. The first-order valence-electron chi connectivity index (χ1n) is 4.58. The fourth-order valence-corrected chi connectivity index (χ4v) is 1.13. The van der Waals surface area contributed by atoms with Crippen LogP contribution in [0.1, 0.15) is 5.56 Å². The third-order valence-corrected chi connectivity index (χ3v) is 1.83. The molecule has 0 bridgehead atoms. The molecule has 0 amide bonds. The Labute approximate surface area is 87.3 Å². The minimum atomic E-state index is -2.38. The van der Waals surface area contributed by atoms with Crippen molar-refractivity contribution in [3.8, 4) is 0 Å². The highest BCUT2D eigenvalue weighted by molar-refractivity contribution is 5.28. The van der Waals surface area contributed by atoms with Crippen molar-refractivity contribution in [1.82, 2.24) is 15.3 Å². The van der Waals surface area contributed by atoms with E-state index >= 15 is 0 Å². The highest BCUT2D eigenvalue weighted by Gasteiger charge is 2.10. The summed E-state index contributed by atoms with van der Waals surface area (Å²) in [5, 5.41) is 2.95. The Morgan fingerprint density at radius 3 is 2.47 bits per heavy atom. The fraction of sp³-hybridized carbons (Fsp3) is 0.556. The smallest absolute Gasteiger partial charge is 0.255 e. The predicted octanol–water partition coefficient (Wildman–Crippen LogP) is 0.897. The summed E-state index contributed by atoms with van der Waals surface area (Å²) in [5.41, 5.74) is 0.923. The molecule has 0 fully saturated rings. The van der Waals surface area contributed by atoms with Gasteiger partial charge in [0.15, 0.2) is 0 Å². The highest BCUT2D eigenvalue weighted by atomic mass is 19.3. The van der Waals surface area contributed by atoms with Crippen molar-refractivity contribution < 1.29 is 8.78 Å². The summed E-state index contributed by atoms with van der Waals surface area (Å²) in [4.78, 5) is 9.31. The molecule has 1 aromatic rings. The standard InChI is InChI=1S/C9H14F2N4/c1-12-3-7-4-13-9(14-5-7)15(2)6-8(10)11/h4-5,8,12H,3,6H2,1-2H3. The van der Waals surface area contributed by atoms with Crippen LogP contribution in [0.25, 0.3) is 0 Å². The summed E-state index contributed by atoms with van der Waals surface area (Å²) in [6.07, 6.45) is 0.873. The van der Waals surface area contributed by atoms with Crippen molar-refractivity contribution in [3.63, 3.8) is 0 Å². The Bertz CT molecular complexity index is 289. The molecule has 84 valence electrons. The van der Waals surface area contributed by atoms with Crippen LogP contribution in [-0.4, -0.2) is 37.0 Å². The molecule has 1 rings (SSSR count). The molecule has 1 N–H and O–H groups in total. The maximum Gasteiger partial charge on any atom is 0.255 e. The zero-order valence-electron chi connectivity index (χ0n) is 8.74. The van der Waals surface area contributed by atoms with Gasteiger partial charge in [-0.25, -0.2) is 18.7 Å². The number of rotatable bonds is 5. The number of nitrogens with zero attached hydrogens (tertiary/aromatic N) is 3. The third-order valence-electron chi connectivity index (χ3n) is 1.83. The van der Waals surface area contributed by atoms with E-state index in [2.05, 4.69) is 15.3 Å². The minimum Gasteiger partial charge on any atom is -0.338 e. The molecule has 0 aliphatic rings. The molecule has 4 nitrogen and oxygen atoms in total. The Morgan fingerprint density at radius 2 is 2.00 bits per heavy atom. The Kier molecular flexibility index (Phi) is 4.36. The Morgan fingerprint density at radius 1 is 1.40 bits per heavy atom. The zero-order valence-corrected chi connectivity index (χ0v) is 8.74. The first kappa shape index (κ1) is 11.8. The van der Waals surface area contributed by atoms with Crippen LogP contribution in [0.15, 0.2) is 12.4 Å². The predicted molar refractivity (Wildman–Crippen MR) is 54.1 cm³/mol. The second kappa shape index (κ2) is 5.55. The molecular weight excluding hydrogens is 202 g/mol. The van der Waals surface area contributed by atoms with Crippen molar-refractivity contribution in [2.24, 2.45) is 0 Å². The summed E-state index contributed by atoms with van der Waals surface area (Å²) >= 11 is 0. The average Bonchev–Trinajstić information content (AvgIpc) is 2.18. The molecule has 0 saturated carbocycles. The number of alkyl halides is 2. The lowest BCUT2D eigenvalue weighted by atomic mass is 10.3. The first-order chi connectivity index (χ1) is 7.13. The van der Waals surface area contributed by atoms with E-state index in [1.165, 1.54) is 4.90 Å². The molecule has 0 saturated heterocycles. The van der Waals surface area contributed by atoms with Gasteiger partial charge in [0.25, 0.3) is 6.43 Å². The van der Waals surface area contributed by atoms with Crippen LogP contribution in [0.4, 0.5) is 14.7 Å². The van der Waals surface area contributed by atoms with Gasteiger partial charge in [0, 0.05) is 31.5 Å².